The van der Waals surface area contributed by atoms with E-state index in [1.807, 2.05) is 0 Å². The zero-order valence-electron chi connectivity index (χ0n) is 11.6. The summed E-state index contributed by atoms with van der Waals surface area (Å²) < 4.78 is 9.42. The van der Waals surface area contributed by atoms with Gasteiger partial charge in [0.1, 0.15) is 12.3 Å². The molecule has 1 rings (SSSR count). The van der Waals surface area contributed by atoms with Crippen molar-refractivity contribution in [2.45, 2.75) is 33.3 Å². The Morgan fingerprint density at radius 1 is 1.30 bits per heavy atom. The summed E-state index contributed by atoms with van der Waals surface area (Å²) in [7, 11) is 1.29. The summed E-state index contributed by atoms with van der Waals surface area (Å²) >= 11 is 0. The SMILES string of the molecule is COC(=O)CCc1c(COC(C)=O)[nH]c(C(=O)O)c1C. The summed E-state index contributed by atoms with van der Waals surface area (Å²) in [5, 5.41) is 9.07. The van der Waals surface area contributed by atoms with Gasteiger partial charge in [-0.2, -0.15) is 0 Å². The van der Waals surface area contributed by atoms with Gasteiger partial charge >= 0.3 is 17.9 Å². The van der Waals surface area contributed by atoms with Gasteiger partial charge in [0.05, 0.1) is 12.8 Å². The number of carboxylic acids is 1. The minimum Gasteiger partial charge on any atom is -0.477 e. The van der Waals surface area contributed by atoms with Gasteiger partial charge in [-0.1, -0.05) is 0 Å². The third-order valence-electron chi connectivity index (χ3n) is 2.91. The number of aromatic carboxylic acids is 1. The van der Waals surface area contributed by atoms with Gasteiger partial charge in [0.15, 0.2) is 0 Å². The first kappa shape index (κ1) is 15.7. The third-order valence-corrected chi connectivity index (χ3v) is 2.91. The van der Waals surface area contributed by atoms with Crippen LogP contribution in [0, 0.1) is 6.92 Å². The van der Waals surface area contributed by atoms with E-state index >= 15 is 0 Å². The lowest BCUT2D eigenvalue weighted by Gasteiger charge is -2.05. The second kappa shape index (κ2) is 6.74. The van der Waals surface area contributed by atoms with Gasteiger partial charge in [0.25, 0.3) is 0 Å². The van der Waals surface area contributed by atoms with Gasteiger partial charge in [-0.15, -0.1) is 0 Å². The second-order valence-corrected chi connectivity index (χ2v) is 4.24. The molecule has 20 heavy (non-hydrogen) atoms. The van der Waals surface area contributed by atoms with Crippen LogP contribution in [0.25, 0.3) is 0 Å². The van der Waals surface area contributed by atoms with E-state index in [0.29, 0.717) is 23.2 Å². The normalized spacial score (nSPS) is 10.2. The fraction of sp³-hybridized carbons (Fsp3) is 0.462. The van der Waals surface area contributed by atoms with Crippen LogP contribution in [0.5, 0.6) is 0 Å². The number of rotatable bonds is 6. The van der Waals surface area contributed by atoms with Crippen molar-refractivity contribution in [3.8, 4) is 0 Å². The quantitative estimate of drug-likeness (QED) is 0.760. The molecule has 2 N–H and O–H groups in total. The number of aromatic nitrogens is 1. The number of methoxy groups -OCH3 is 1. The highest BCUT2D eigenvalue weighted by molar-refractivity contribution is 5.88. The molecule has 1 aromatic heterocycles. The number of carbonyl (C=O) groups is 3. The molecule has 0 aromatic carbocycles. The lowest BCUT2D eigenvalue weighted by atomic mass is 10.0. The highest BCUT2D eigenvalue weighted by Crippen LogP contribution is 2.21. The van der Waals surface area contributed by atoms with Crippen LogP contribution in [-0.2, 0) is 32.1 Å². The monoisotopic (exact) mass is 283 g/mol. The molecule has 7 nitrogen and oxygen atoms in total. The van der Waals surface area contributed by atoms with Crippen LogP contribution >= 0.6 is 0 Å². The average Bonchev–Trinajstić information content (AvgIpc) is 2.70. The van der Waals surface area contributed by atoms with E-state index < -0.39 is 11.9 Å². The van der Waals surface area contributed by atoms with Gasteiger partial charge in [-0.25, -0.2) is 4.79 Å². The van der Waals surface area contributed by atoms with Gasteiger partial charge in [0, 0.05) is 13.3 Å². The molecule has 0 fully saturated rings. The molecule has 0 aliphatic rings. The number of nitrogens with one attached hydrogen (secondary N) is 1. The average molecular weight is 283 g/mol. The maximum atomic E-state index is 11.2. The van der Waals surface area contributed by atoms with E-state index in [0.717, 1.165) is 0 Å². The van der Waals surface area contributed by atoms with Crippen LogP contribution in [0.2, 0.25) is 0 Å². The Kier molecular flexibility index (Phi) is 5.31. The van der Waals surface area contributed by atoms with Crippen LogP contribution in [-0.4, -0.2) is 35.1 Å². The first-order valence-corrected chi connectivity index (χ1v) is 6.00. The first-order valence-electron chi connectivity index (χ1n) is 6.00. The number of carbonyl (C=O) groups excluding carboxylic acids is 2. The van der Waals surface area contributed by atoms with E-state index in [-0.39, 0.29) is 24.7 Å². The third kappa shape index (κ3) is 3.84. The Hall–Kier alpha value is -2.31. The number of hydrogen-bond donors (Lipinski definition) is 2. The molecule has 0 unspecified atom stereocenters. The van der Waals surface area contributed by atoms with Crippen molar-refractivity contribution < 1.29 is 29.0 Å². The zero-order chi connectivity index (χ0) is 15.3. The molecular weight excluding hydrogens is 266 g/mol. The maximum Gasteiger partial charge on any atom is 0.352 e. The minimum atomic E-state index is -1.10. The first-order chi connectivity index (χ1) is 9.36. The van der Waals surface area contributed by atoms with Crippen molar-refractivity contribution in [1.29, 1.82) is 0 Å². The van der Waals surface area contributed by atoms with Gasteiger partial charge in [-0.05, 0) is 24.5 Å². The van der Waals surface area contributed by atoms with E-state index in [9.17, 15) is 14.4 Å². The molecule has 7 heteroatoms. The number of ether oxygens (including phenoxy) is 2. The highest BCUT2D eigenvalue weighted by atomic mass is 16.5. The van der Waals surface area contributed by atoms with Crippen LogP contribution in [0.1, 0.15) is 40.7 Å². The molecule has 0 radical (unpaired) electrons. The highest BCUT2D eigenvalue weighted by Gasteiger charge is 2.19. The molecule has 1 heterocycles. The van der Waals surface area contributed by atoms with Crippen LogP contribution in [0.15, 0.2) is 0 Å². The molecule has 0 aliphatic carbocycles. The van der Waals surface area contributed by atoms with Crippen molar-refractivity contribution in [2.75, 3.05) is 7.11 Å². The van der Waals surface area contributed by atoms with E-state index in [1.54, 1.807) is 6.92 Å². The molecule has 0 aliphatic heterocycles. The Bertz CT molecular complexity index is 531. The lowest BCUT2D eigenvalue weighted by Crippen LogP contribution is -2.05. The Morgan fingerprint density at radius 3 is 2.45 bits per heavy atom. The van der Waals surface area contributed by atoms with Crippen molar-refractivity contribution in [3.05, 3.63) is 22.5 Å². The van der Waals surface area contributed by atoms with Crippen molar-refractivity contribution in [1.82, 2.24) is 4.98 Å². The second-order valence-electron chi connectivity index (χ2n) is 4.24. The fourth-order valence-electron chi connectivity index (χ4n) is 1.88. The molecule has 110 valence electrons. The van der Waals surface area contributed by atoms with Crippen molar-refractivity contribution in [2.24, 2.45) is 0 Å². The number of aromatic amines is 1. The molecule has 1 aromatic rings. The summed E-state index contributed by atoms with van der Waals surface area (Å²) in [6, 6.07) is 0. The number of esters is 2. The standard InChI is InChI=1S/C13H17NO6/c1-7-9(4-5-11(16)19-3)10(6-20-8(2)15)14-12(7)13(17)18/h14H,4-6H2,1-3H3,(H,17,18). The van der Waals surface area contributed by atoms with Crippen LogP contribution in [0.3, 0.4) is 0 Å². The van der Waals surface area contributed by atoms with Crippen LogP contribution < -0.4 is 0 Å². The molecule has 0 atom stereocenters. The number of hydrogen-bond acceptors (Lipinski definition) is 5. The number of H-pyrrole nitrogens is 1. The molecular formula is C13H17NO6. The van der Waals surface area contributed by atoms with Gasteiger partial charge in [0.2, 0.25) is 0 Å². The van der Waals surface area contributed by atoms with Crippen molar-refractivity contribution in [3.63, 3.8) is 0 Å². The van der Waals surface area contributed by atoms with E-state index in [4.69, 9.17) is 9.84 Å². The minimum absolute atomic E-state index is 0.0343. The van der Waals surface area contributed by atoms with Gasteiger partial charge in [-0.3, -0.25) is 9.59 Å². The Morgan fingerprint density at radius 2 is 1.95 bits per heavy atom. The summed E-state index contributed by atoms with van der Waals surface area (Å²) in [5.74, 6) is -1.95. The summed E-state index contributed by atoms with van der Waals surface area (Å²) in [6.45, 7) is 2.85. The van der Waals surface area contributed by atoms with E-state index in [1.165, 1.54) is 14.0 Å². The molecule has 0 saturated heterocycles. The fourth-order valence-corrected chi connectivity index (χ4v) is 1.88. The Labute approximate surface area is 115 Å². The molecule has 0 saturated carbocycles. The summed E-state index contributed by atoms with van der Waals surface area (Å²) in [4.78, 5) is 35.8. The topological polar surface area (TPSA) is 106 Å². The zero-order valence-corrected chi connectivity index (χ0v) is 11.6. The largest absolute Gasteiger partial charge is 0.477 e. The number of carboxylic acid groups (broad SMARTS) is 1. The molecule has 0 bridgehead atoms. The molecule has 0 amide bonds. The van der Waals surface area contributed by atoms with Crippen LogP contribution in [0.4, 0.5) is 0 Å². The van der Waals surface area contributed by atoms with E-state index in [2.05, 4.69) is 9.72 Å². The predicted molar refractivity (Wildman–Crippen MR) is 68.3 cm³/mol. The summed E-state index contributed by atoms with van der Waals surface area (Å²) in [6.07, 6.45) is 0.445. The smallest absolute Gasteiger partial charge is 0.352 e. The van der Waals surface area contributed by atoms with Crippen molar-refractivity contribution >= 4 is 17.9 Å². The Balaban J connectivity index is 3.00. The molecule has 0 spiro atoms. The van der Waals surface area contributed by atoms with Gasteiger partial charge < -0.3 is 19.6 Å². The lowest BCUT2D eigenvalue weighted by molar-refractivity contribution is -0.142. The maximum absolute atomic E-state index is 11.2. The summed E-state index contributed by atoms with van der Waals surface area (Å²) in [5.41, 5.74) is 1.71. The predicted octanol–water partition coefficient (Wildman–Crippen LogP) is 1.19.